The Hall–Kier alpha value is -2.34. The van der Waals surface area contributed by atoms with Gasteiger partial charge in [0.2, 0.25) is 0 Å². The van der Waals surface area contributed by atoms with Crippen molar-refractivity contribution in [3.63, 3.8) is 0 Å². The van der Waals surface area contributed by atoms with Crippen LogP contribution < -0.4 is 0 Å². The van der Waals surface area contributed by atoms with E-state index in [2.05, 4.69) is 57.8 Å². The van der Waals surface area contributed by atoms with Crippen molar-refractivity contribution < 1.29 is 0 Å². The number of hydrogen-bond acceptors (Lipinski definition) is 0. The zero-order valence-electron chi connectivity index (χ0n) is 17.4. The number of benzene rings is 2. The predicted molar refractivity (Wildman–Crippen MR) is 125 cm³/mol. The molecule has 0 bridgehead atoms. The molecule has 0 radical (unpaired) electrons. The molecule has 0 atom stereocenters. The standard InChI is InChI=1S/C9H12.C8H8.C6H12.C4H6/c1-8(2)9-6-4-3-5-7-9;1-2-8-6-4-3-5-7-8;1-2-4-6-5-3-1;1-3-4-2/h3-8H,1-2H3;2-7H,1H2;1-6H2;3-4H,1-2H2. The summed E-state index contributed by atoms with van der Waals surface area (Å²) in [6, 6.07) is 20.5. The Kier molecular flexibility index (Phi) is 16.9. The number of rotatable bonds is 3. The van der Waals surface area contributed by atoms with Crippen molar-refractivity contribution in [3.05, 3.63) is 104 Å². The van der Waals surface area contributed by atoms with Gasteiger partial charge in [0, 0.05) is 0 Å². The van der Waals surface area contributed by atoms with E-state index in [0.29, 0.717) is 5.92 Å². The first-order valence-electron chi connectivity index (χ1n) is 10.1. The van der Waals surface area contributed by atoms with Crippen LogP contribution in [0.25, 0.3) is 6.08 Å². The summed E-state index contributed by atoms with van der Waals surface area (Å²) in [6.07, 6.45) is 14.1. The minimum absolute atomic E-state index is 0.659. The highest BCUT2D eigenvalue weighted by Gasteiger charge is 1.95. The molecule has 146 valence electrons. The van der Waals surface area contributed by atoms with Gasteiger partial charge >= 0.3 is 0 Å². The van der Waals surface area contributed by atoms with Crippen LogP contribution in [0.4, 0.5) is 0 Å². The Morgan fingerprint density at radius 3 is 1.22 bits per heavy atom. The van der Waals surface area contributed by atoms with Crippen LogP contribution in [0.15, 0.2) is 92.6 Å². The smallest absolute Gasteiger partial charge is 0.0219 e. The van der Waals surface area contributed by atoms with Crippen LogP contribution in [0.1, 0.15) is 69.4 Å². The van der Waals surface area contributed by atoms with Crippen LogP contribution in [0, 0.1) is 0 Å². The Morgan fingerprint density at radius 2 is 1.00 bits per heavy atom. The topological polar surface area (TPSA) is 0 Å². The van der Waals surface area contributed by atoms with Crippen LogP contribution in [-0.4, -0.2) is 0 Å². The summed E-state index contributed by atoms with van der Waals surface area (Å²) >= 11 is 0. The Labute approximate surface area is 168 Å². The average molecular weight is 363 g/mol. The summed E-state index contributed by atoms with van der Waals surface area (Å²) in [7, 11) is 0. The molecular formula is C27H38. The quantitative estimate of drug-likeness (QED) is 0.478. The van der Waals surface area contributed by atoms with Gasteiger partial charge in [0.25, 0.3) is 0 Å². The van der Waals surface area contributed by atoms with Crippen LogP contribution in [-0.2, 0) is 0 Å². The van der Waals surface area contributed by atoms with E-state index in [9.17, 15) is 0 Å². The lowest BCUT2D eigenvalue weighted by Gasteiger charge is -2.05. The third kappa shape index (κ3) is 15.6. The molecule has 0 amide bonds. The van der Waals surface area contributed by atoms with Crippen molar-refractivity contribution in [1.82, 2.24) is 0 Å². The third-order valence-electron chi connectivity index (χ3n) is 4.17. The largest absolute Gasteiger partial charge is 0.0991 e. The van der Waals surface area contributed by atoms with E-state index in [1.54, 1.807) is 12.2 Å². The van der Waals surface area contributed by atoms with E-state index in [-0.39, 0.29) is 0 Å². The van der Waals surface area contributed by atoms with Gasteiger partial charge in [-0.15, -0.1) is 0 Å². The highest BCUT2D eigenvalue weighted by molar-refractivity contribution is 5.45. The van der Waals surface area contributed by atoms with Gasteiger partial charge in [-0.1, -0.05) is 151 Å². The van der Waals surface area contributed by atoms with Gasteiger partial charge < -0.3 is 0 Å². The minimum Gasteiger partial charge on any atom is -0.0991 e. The van der Waals surface area contributed by atoms with Gasteiger partial charge in [-0.25, -0.2) is 0 Å². The maximum Gasteiger partial charge on any atom is -0.0219 e. The molecule has 1 saturated carbocycles. The molecule has 2 aromatic rings. The molecular weight excluding hydrogens is 324 g/mol. The van der Waals surface area contributed by atoms with Gasteiger partial charge in [-0.05, 0) is 17.0 Å². The first-order chi connectivity index (χ1) is 13.2. The van der Waals surface area contributed by atoms with E-state index in [0.717, 1.165) is 0 Å². The zero-order valence-corrected chi connectivity index (χ0v) is 17.4. The average Bonchev–Trinajstić information content (AvgIpc) is 2.77. The van der Waals surface area contributed by atoms with Crippen LogP contribution in [0.5, 0.6) is 0 Å². The normalized spacial score (nSPS) is 12.0. The molecule has 1 aliphatic carbocycles. The summed E-state index contributed by atoms with van der Waals surface area (Å²) in [5.41, 5.74) is 2.59. The van der Waals surface area contributed by atoms with Gasteiger partial charge in [0.1, 0.15) is 0 Å². The molecule has 0 heterocycles. The fourth-order valence-corrected chi connectivity index (χ4v) is 2.49. The number of allylic oxidation sites excluding steroid dienone is 2. The van der Waals surface area contributed by atoms with E-state index >= 15 is 0 Å². The number of hydrogen-bond donors (Lipinski definition) is 0. The van der Waals surface area contributed by atoms with Gasteiger partial charge in [0.15, 0.2) is 0 Å². The maximum absolute atomic E-state index is 3.63. The highest BCUT2D eigenvalue weighted by Crippen LogP contribution is 2.15. The van der Waals surface area contributed by atoms with Crippen molar-refractivity contribution in [2.75, 3.05) is 0 Å². The molecule has 1 fully saturated rings. The van der Waals surface area contributed by atoms with Crippen LogP contribution in [0.3, 0.4) is 0 Å². The van der Waals surface area contributed by atoms with Crippen molar-refractivity contribution in [2.45, 2.75) is 58.3 Å². The molecule has 0 saturated heterocycles. The van der Waals surface area contributed by atoms with Crippen molar-refractivity contribution in [1.29, 1.82) is 0 Å². The summed E-state index contributed by atoms with van der Waals surface area (Å²) in [4.78, 5) is 0. The molecule has 0 N–H and O–H groups in total. The SMILES string of the molecule is C1CCCCC1.C=CC=C.C=Cc1ccccc1.CC(C)c1ccccc1. The second-order valence-electron chi connectivity index (χ2n) is 6.77. The molecule has 0 heteroatoms. The van der Waals surface area contributed by atoms with Gasteiger partial charge in [-0.3, -0.25) is 0 Å². The molecule has 0 aromatic heterocycles. The molecule has 0 spiro atoms. The van der Waals surface area contributed by atoms with Crippen LogP contribution >= 0.6 is 0 Å². The zero-order chi connectivity index (χ0) is 20.2. The van der Waals surface area contributed by atoms with Gasteiger partial charge in [-0.2, -0.15) is 0 Å². The molecule has 0 aliphatic heterocycles. The highest BCUT2D eigenvalue weighted by atomic mass is 14.0. The Morgan fingerprint density at radius 1 is 0.630 bits per heavy atom. The van der Waals surface area contributed by atoms with Crippen LogP contribution in [0.2, 0.25) is 0 Å². The van der Waals surface area contributed by atoms with E-state index in [4.69, 9.17) is 0 Å². The van der Waals surface area contributed by atoms with Crippen molar-refractivity contribution >= 4 is 6.08 Å². The summed E-state index contributed by atoms with van der Waals surface area (Å²) in [5.74, 6) is 0.659. The lowest BCUT2D eigenvalue weighted by molar-refractivity contribution is 0.504. The molecule has 0 nitrogen and oxygen atoms in total. The van der Waals surface area contributed by atoms with Crippen molar-refractivity contribution in [3.8, 4) is 0 Å². The van der Waals surface area contributed by atoms with E-state index < -0.39 is 0 Å². The lowest BCUT2D eigenvalue weighted by atomic mass is 10.0. The fourth-order valence-electron chi connectivity index (χ4n) is 2.49. The van der Waals surface area contributed by atoms with Crippen molar-refractivity contribution in [2.24, 2.45) is 0 Å². The first-order valence-corrected chi connectivity index (χ1v) is 10.1. The fraction of sp³-hybridized carbons (Fsp3) is 0.333. The molecule has 27 heavy (non-hydrogen) atoms. The van der Waals surface area contributed by atoms with Gasteiger partial charge in [0.05, 0.1) is 0 Å². The Bertz CT molecular complexity index is 556. The molecule has 3 rings (SSSR count). The molecule has 0 unspecified atom stereocenters. The summed E-state index contributed by atoms with van der Waals surface area (Å²) in [5, 5.41) is 0. The van der Waals surface area contributed by atoms with E-state index in [1.165, 1.54) is 49.7 Å². The minimum atomic E-state index is 0.659. The Balaban J connectivity index is 0.000000348. The third-order valence-corrected chi connectivity index (χ3v) is 4.17. The molecule has 1 aliphatic rings. The van der Waals surface area contributed by atoms with E-state index in [1.807, 2.05) is 42.5 Å². The summed E-state index contributed by atoms with van der Waals surface area (Å²) < 4.78 is 0. The second kappa shape index (κ2) is 18.5. The first kappa shape index (κ1) is 24.7. The summed E-state index contributed by atoms with van der Waals surface area (Å²) in [6.45, 7) is 14.8. The second-order valence-corrected chi connectivity index (χ2v) is 6.77. The maximum atomic E-state index is 3.63. The monoisotopic (exact) mass is 362 g/mol. The predicted octanol–water partition coefficient (Wildman–Crippen LogP) is 8.84. The lowest BCUT2D eigenvalue weighted by Crippen LogP contribution is -1.85. The molecule has 2 aromatic carbocycles.